The summed E-state index contributed by atoms with van der Waals surface area (Å²) in [6.07, 6.45) is 0. The summed E-state index contributed by atoms with van der Waals surface area (Å²) in [6, 6.07) is 0. The molecule has 0 atom stereocenters. The second-order valence-electron chi connectivity index (χ2n) is 1.59. The van der Waals surface area contributed by atoms with Gasteiger partial charge < -0.3 is 0 Å². The van der Waals surface area contributed by atoms with Crippen LogP contribution in [-0.4, -0.2) is 23.2 Å². The molecule has 8 heavy (non-hydrogen) atoms. The van der Waals surface area contributed by atoms with Gasteiger partial charge in [0, 0.05) is 0 Å². The molecule has 0 heterocycles. The first kappa shape index (κ1) is 12.6. The maximum absolute atomic E-state index is 3.10. The fourth-order valence-electron chi connectivity index (χ4n) is 0. The van der Waals surface area contributed by atoms with E-state index in [4.69, 9.17) is 0 Å². The van der Waals surface area contributed by atoms with Gasteiger partial charge in [-0.25, -0.2) is 0 Å². The van der Waals surface area contributed by atoms with Gasteiger partial charge in [-0.1, -0.05) is 0 Å². The summed E-state index contributed by atoms with van der Waals surface area (Å²) < 4.78 is 0.271. The summed E-state index contributed by atoms with van der Waals surface area (Å²) in [5.74, 6) is 0. The summed E-state index contributed by atoms with van der Waals surface area (Å²) in [4.78, 5) is 0. The third kappa shape index (κ3) is 102. The van der Waals surface area contributed by atoms with E-state index >= 15 is 0 Å². The molecule has 0 aliphatic carbocycles. The second kappa shape index (κ2) is 8.93. The van der Waals surface area contributed by atoms with Gasteiger partial charge in [-0.05, 0) is 20.0 Å². The Kier molecular flexibility index (Phi) is 14.1. The van der Waals surface area contributed by atoms with E-state index in [1.165, 1.54) is 0 Å². The molecule has 0 aliphatic rings. The van der Waals surface area contributed by atoms with Gasteiger partial charge in [0.1, 0.15) is 0 Å². The fourth-order valence-corrected chi connectivity index (χ4v) is 0. The van der Waals surface area contributed by atoms with Crippen LogP contribution in [0.1, 0.15) is 0 Å². The lowest BCUT2D eigenvalue weighted by molar-refractivity contribution is 2.13. The molecule has 0 unspecified atom stereocenters. The third-order valence-electron chi connectivity index (χ3n) is 0. The van der Waals surface area contributed by atoms with Crippen LogP contribution in [0, 0.1) is 0 Å². The highest BCUT2D eigenvalue weighted by Gasteiger charge is 1.87. The number of hydrogen-bond donors (Lipinski definition) is 0. The van der Waals surface area contributed by atoms with Crippen molar-refractivity contribution in [3.05, 3.63) is 0 Å². The van der Waals surface area contributed by atoms with Crippen molar-refractivity contribution in [1.29, 1.82) is 0 Å². The minimum Gasteiger partial charge on any atom is -0.123 e. The van der Waals surface area contributed by atoms with Crippen molar-refractivity contribution in [3.8, 4) is 0 Å². The minimum atomic E-state index is 0.271. The zero-order valence-corrected chi connectivity index (χ0v) is 10.8. The Morgan fingerprint density at radius 3 is 1.00 bits per heavy atom. The Morgan fingerprint density at radius 1 is 1.00 bits per heavy atom. The van der Waals surface area contributed by atoms with Gasteiger partial charge in [-0.3, -0.25) is 0 Å². The van der Waals surface area contributed by atoms with E-state index in [0.29, 0.717) is 7.92 Å². The van der Waals surface area contributed by atoms with E-state index in [1.807, 2.05) is 0 Å². The van der Waals surface area contributed by atoms with Crippen molar-refractivity contribution < 1.29 is 0 Å². The number of rotatable bonds is 0. The van der Waals surface area contributed by atoms with Crippen molar-refractivity contribution in [2.24, 2.45) is 0 Å². The molecule has 0 aromatic carbocycles. The van der Waals surface area contributed by atoms with Gasteiger partial charge in [0.25, 0.3) is 0 Å². The fraction of sp³-hybridized carbons (Fsp3) is 1.00. The zero-order chi connectivity index (χ0) is 7.15. The number of hydrogen-bond acceptors (Lipinski definition) is 0. The molecule has 50 valence electrons. The molecule has 5 heteroatoms. The molecular weight excluding hydrogens is 318 g/mol. The van der Waals surface area contributed by atoms with E-state index in [2.05, 4.69) is 67.3 Å². The van der Waals surface area contributed by atoms with Crippen LogP contribution in [0.2, 0.25) is 0 Å². The van der Waals surface area contributed by atoms with Crippen molar-refractivity contribution in [3.63, 3.8) is 0 Å². The molecule has 0 amide bonds. The van der Waals surface area contributed by atoms with Gasteiger partial charge in [0.2, 0.25) is 0 Å². The monoisotopic (exact) mass is 324 g/mol. The molecule has 0 saturated heterocycles. The second-order valence-corrected chi connectivity index (χ2v) is 10.7. The zero-order valence-electron chi connectivity index (χ0n) is 5.16. The molecule has 0 nitrogen and oxygen atoms in total. The van der Waals surface area contributed by atoms with Crippen LogP contribution in [0.5, 0.6) is 0 Å². The van der Waals surface area contributed by atoms with Gasteiger partial charge in [-0.2, -0.15) is 0 Å². The van der Waals surface area contributed by atoms with Crippen molar-refractivity contribution in [1.82, 2.24) is 0 Å². The summed E-state index contributed by atoms with van der Waals surface area (Å²) >= 11 is 9.31. The SMILES string of the molecule is BrB(Br)Br.CP(C)C. The molecule has 0 saturated carbocycles. The lowest BCUT2D eigenvalue weighted by Crippen LogP contribution is -1.60. The van der Waals surface area contributed by atoms with E-state index in [1.54, 1.807) is 0 Å². The standard InChI is InChI=1S/C3H9P.BBr3/c1-4(2)3;2-1(3)4/h1-3H3;. The third-order valence-corrected chi connectivity index (χ3v) is 0. The first-order chi connectivity index (χ1) is 3.46. The summed E-state index contributed by atoms with van der Waals surface area (Å²) in [6.45, 7) is 6.69. The molecule has 0 aromatic heterocycles. The van der Waals surface area contributed by atoms with Gasteiger partial charge in [0.05, 0.1) is 0 Å². The molecule has 0 aliphatic heterocycles. The Hall–Kier alpha value is 1.93. The predicted octanol–water partition coefficient (Wildman–Crippen LogP) is 3.51. The predicted molar refractivity (Wildman–Crippen MR) is 57.2 cm³/mol. The van der Waals surface area contributed by atoms with Gasteiger partial charge in [0.15, 0.2) is 0 Å². The maximum Gasteiger partial charge on any atom is 0.369 e. The van der Waals surface area contributed by atoms with Crippen molar-refractivity contribution in [2.45, 2.75) is 0 Å². The largest absolute Gasteiger partial charge is 0.369 e. The summed E-state index contributed by atoms with van der Waals surface area (Å²) in [5.41, 5.74) is 0. The van der Waals surface area contributed by atoms with Crippen LogP contribution >= 0.6 is 55.2 Å². The smallest absolute Gasteiger partial charge is 0.123 e. The van der Waals surface area contributed by atoms with Crippen LogP contribution in [-0.2, 0) is 0 Å². The molecule has 0 rings (SSSR count). The lowest BCUT2D eigenvalue weighted by atomic mass is 10.8. The minimum absolute atomic E-state index is 0.271. The van der Waals surface area contributed by atoms with Crippen LogP contribution in [0.3, 0.4) is 0 Å². The Morgan fingerprint density at radius 2 is 1.00 bits per heavy atom. The Labute approximate surface area is 77.9 Å². The first-order valence-electron chi connectivity index (χ1n) is 2.00. The molecule has 0 spiro atoms. The highest BCUT2D eigenvalue weighted by molar-refractivity contribution is 9.69. The molecule has 0 fully saturated rings. The summed E-state index contributed by atoms with van der Waals surface area (Å²) in [7, 11) is 0.380. The molecule has 0 bridgehead atoms. The quantitative estimate of drug-likeness (QED) is 0.472. The van der Waals surface area contributed by atoms with Crippen LogP contribution in [0.15, 0.2) is 0 Å². The highest BCUT2D eigenvalue weighted by Crippen LogP contribution is 2.14. The molecular formula is C3H9BBr3P. The van der Waals surface area contributed by atoms with Crippen molar-refractivity contribution >= 4 is 58.4 Å². The van der Waals surface area contributed by atoms with Gasteiger partial charge in [-0.15, -0.1) is 55.2 Å². The van der Waals surface area contributed by atoms with E-state index in [-0.39, 0.29) is 3.18 Å². The average molecular weight is 327 g/mol. The molecule has 0 N–H and O–H groups in total. The van der Waals surface area contributed by atoms with Crippen molar-refractivity contribution in [2.75, 3.05) is 20.0 Å². The average Bonchev–Trinajstić information content (AvgIpc) is 1.25. The Bertz CT molecular complexity index is 30.0. The normalized spacial score (nSPS) is 7.88. The first-order valence-corrected chi connectivity index (χ1v) is 7.43. The maximum atomic E-state index is 3.10. The van der Waals surface area contributed by atoms with Crippen LogP contribution < -0.4 is 0 Å². The Balaban J connectivity index is 0. The lowest BCUT2D eigenvalue weighted by Gasteiger charge is -1.81. The van der Waals surface area contributed by atoms with E-state index in [0.717, 1.165) is 0 Å². The van der Waals surface area contributed by atoms with Crippen LogP contribution in [0.25, 0.3) is 0 Å². The topological polar surface area (TPSA) is 0 Å². The molecule has 0 aromatic rings. The highest BCUT2D eigenvalue weighted by atomic mass is 79.9. The van der Waals surface area contributed by atoms with E-state index < -0.39 is 0 Å². The van der Waals surface area contributed by atoms with Gasteiger partial charge >= 0.3 is 3.18 Å². The summed E-state index contributed by atoms with van der Waals surface area (Å²) in [5, 5.41) is 0. The number of halogens is 3. The van der Waals surface area contributed by atoms with E-state index in [9.17, 15) is 0 Å². The molecule has 0 radical (unpaired) electrons. The van der Waals surface area contributed by atoms with Crippen LogP contribution in [0.4, 0.5) is 0 Å².